The van der Waals surface area contributed by atoms with Crippen molar-refractivity contribution in [2.45, 2.75) is 0 Å². The molecular formula is C52H32N2OS. The highest BCUT2D eigenvalue weighted by Gasteiger charge is 2.21. The van der Waals surface area contributed by atoms with E-state index < -0.39 is 0 Å². The van der Waals surface area contributed by atoms with Crippen molar-refractivity contribution in [3.63, 3.8) is 0 Å². The van der Waals surface area contributed by atoms with E-state index in [4.69, 9.17) is 4.42 Å². The molecule has 0 bridgehead atoms. The van der Waals surface area contributed by atoms with Gasteiger partial charge in [0.05, 0.1) is 22.1 Å². The Balaban J connectivity index is 1.05. The van der Waals surface area contributed by atoms with Crippen molar-refractivity contribution in [1.29, 1.82) is 0 Å². The highest BCUT2D eigenvalue weighted by Crippen LogP contribution is 2.46. The van der Waals surface area contributed by atoms with Crippen LogP contribution in [0.1, 0.15) is 0 Å². The van der Waals surface area contributed by atoms with Gasteiger partial charge in [-0.05, 0) is 95.4 Å². The molecule has 0 spiro atoms. The molecule has 3 heterocycles. The van der Waals surface area contributed by atoms with Gasteiger partial charge in [0.15, 0.2) is 0 Å². The third-order valence-corrected chi connectivity index (χ3v) is 12.5. The van der Waals surface area contributed by atoms with E-state index in [0.29, 0.717) is 0 Å². The average molecular weight is 733 g/mol. The van der Waals surface area contributed by atoms with Crippen LogP contribution in [0.5, 0.6) is 0 Å². The lowest BCUT2D eigenvalue weighted by molar-refractivity contribution is 0.672. The Kier molecular flexibility index (Phi) is 6.80. The van der Waals surface area contributed by atoms with Crippen LogP contribution >= 0.6 is 11.3 Å². The first-order chi connectivity index (χ1) is 27.8. The van der Waals surface area contributed by atoms with E-state index in [0.717, 1.165) is 50.1 Å². The first kappa shape index (κ1) is 31.2. The maximum atomic E-state index is 6.69. The van der Waals surface area contributed by atoms with Gasteiger partial charge in [-0.15, -0.1) is 11.3 Å². The molecule has 0 aliphatic heterocycles. The van der Waals surface area contributed by atoms with Gasteiger partial charge in [-0.25, -0.2) is 0 Å². The smallest absolute Gasteiger partial charge is 0.143 e. The molecule has 0 aliphatic carbocycles. The number of para-hydroxylation sites is 2. The van der Waals surface area contributed by atoms with E-state index in [1.165, 1.54) is 58.5 Å². The monoisotopic (exact) mass is 732 g/mol. The Hall–Kier alpha value is -7.14. The summed E-state index contributed by atoms with van der Waals surface area (Å²) in [7, 11) is 0. The molecule has 0 N–H and O–H groups in total. The summed E-state index contributed by atoms with van der Waals surface area (Å²) < 4.78 is 11.7. The number of rotatable bonds is 5. The van der Waals surface area contributed by atoms with E-state index in [-0.39, 0.29) is 0 Å². The predicted octanol–water partition coefficient (Wildman–Crippen LogP) is 15.3. The third-order valence-electron chi connectivity index (χ3n) is 11.4. The Morgan fingerprint density at radius 1 is 0.429 bits per heavy atom. The highest BCUT2D eigenvalue weighted by molar-refractivity contribution is 7.25. The number of anilines is 3. The van der Waals surface area contributed by atoms with Crippen molar-refractivity contribution in [3.8, 4) is 16.8 Å². The summed E-state index contributed by atoms with van der Waals surface area (Å²) in [6, 6.07) is 70.1. The number of nitrogens with zero attached hydrogens (tertiary/aromatic N) is 2. The van der Waals surface area contributed by atoms with E-state index in [1.807, 2.05) is 11.3 Å². The molecular weight excluding hydrogens is 701 g/mol. The van der Waals surface area contributed by atoms with Crippen molar-refractivity contribution < 1.29 is 4.42 Å². The van der Waals surface area contributed by atoms with Crippen LogP contribution in [-0.4, -0.2) is 4.57 Å². The summed E-state index contributed by atoms with van der Waals surface area (Å²) in [6.45, 7) is 0. The van der Waals surface area contributed by atoms with Crippen molar-refractivity contribution in [3.05, 3.63) is 194 Å². The van der Waals surface area contributed by atoms with Gasteiger partial charge in [0, 0.05) is 58.8 Å². The Morgan fingerprint density at radius 2 is 1.05 bits per heavy atom. The first-order valence-electron chi connectivity index (χ1n) is 19.0. The van der Waals surface area contributed by atoms with Crippen molar-refractivity contribution in [2.24, 2.45) is 0 Å². The van der Waals surface area contributed by atoms with Crippen LogP contribution in [-0.2, 0) is 0 Å². The maximum Gasteiger partial charge on any atom is 0.143 e. The summed E-state index contributed by atoms with van der Waals surface area (Å²) >= 11 is 1.86. The minimum atomic E-state index is 0.869. The molecule has 4 heteroatoms. The highest BCUT2D eigenvalue weighted by atomic mass is 32.1. The second-order valence-corrected chi connectivity index (χ2v) is 15.5. The number of thiophene rings is 1. The van der Waals surface area contributed by atoms with E-state index >= 15 is 0 Å². The molecule has 9 aromatic carbocycles. The molecule has 0 aliphatic rings. The van der Waals surface area contributed by atoms with Gasteiger partial charge < -0.3 is 13.9 Å². The van der Waals surface area contributed by atoms with Gasteiger partial charge in [-0.2, -0.15) is 0 Å². The molecule has 0 atom stereocenters. The number of benzene rings is 9. The zero-order valence-corrected chi connectivity index (χ0v) is 31.0. The van der Waals surface area contributed by atoms with Gasteiger partial charge >= 0.3 is 0 Å². The van der Waals surface area contributed by atoms with E-state index in [1.54, 1.807) is 0 Å². The zero-order valence-electron chi connectivity index (χ0n) is 30.2. The SMILES string of the molecule is c1ccc2c(c1)ccc1c2oc2cccc(N(c3ccc(-c4cccc5sc6ccccc6c45)cc3)c3ccc(-n4c5ccccc5c5ccccc54)cc3)c21. The molecule has 0 saturated heterocycles. The summed E-state index contributed by atoms with van der Waals surface area (Å²) in [5.74, 6) is 0. The Bertz CT molecular complexity index is 3420. The Labute approximate surface area is 326 Å². The lowest BCUT2D eigenvalue weighted by atomic mass is 9.99. The van der Waals surface area contributed by atoms with Gasteiger partial charge in [0.25, 0.3) is 0 Å². The quantitative estimate of drug-likeness (QED) is 0.176. The third kappa shape index (κ3) is 4.63. The lowest BCUT2D eigenvalue weighted by Gasteiger charge is -2.27. The van der Waals surface area contributed by atoms with E-state index in [9.17, 15) is 0 Å². The minimum absolute atomic E-state index is 0.869. The average Bonchev–Trinajstić information content (AvgIpc) is 3.95. The fourth-order valence-electron chi connectivity index (χ4n) is 8.91. The minimum Gasteiger partial charge on any atom is -0.455 e. The molecule has 0 saturated carbocycles. The second kappa shape index (κ2) is 12.2. The first-order valence-corrected chi connectivity index (χ1v) is 19.8. The van der Waals surface area contributed by atoms with Crippen LogP contribution in [0.3, 0.4) is 0 Å². The molecule has 56 heavy (non-hydrogen) atoms. The summed E-state index contributed by atoms with van der Waals surface area (Å²) in [5.41, 5.74) is 11.0. The lowest BCUT2D eigenvalue weighted by Crippen LogP contribution is -2.10. The Morgan fingerprint density at radius 3 is 1.82 bits per heavy atom. The topological polar surface area (TPSA) is 21.3 Å². The molecule has 0 unspecified atom stereocenters. The number of hydrogen-bond acceptors (Lipinski definition) is 3. The standard InChI is InChI=1S/C52H32N2OS/c1-2-12-39-33(11-1)25-32-43-51-46(19-10-20-47(51)55-52(39)43)53(35-26-23-34(24-27-35)38-16-9-22-49-50(38)42-15-5-8-21-48(42)56-49)36-28-30-37(31-29-36)54-44-17-6-3-13-40(44)41-14-4-7-18-45(41)54/h1-32H. The van der Waals surface area contributed by atoms with Gasteiger partial charge in [-0.1, -0.05) is 115 Å². The number of furan rings is 1. The maximum absolute atomic E-state index is 6.69. The zero-order chi connectivity index (χ0) is 36.7. The summed E-state index contributed by atoms with van der Waals surface area (Å²) in [6.07, 6.45) is 0. The molecule has 0 amide bonds. The fourth-order valence-corrected chi connectivity index (χ4v) is 10.0. The molecule has 3 nitrogen and oxygen atoms in total. The molecule has 12 aromatic rings. The van der Waals surface area contributed by atoms with Crippen LogP contribution in [0.15, 0.2) is 199 Å². The largest absolute Gasteiger partial charge is 0.455 e. The van der Waals surface area contributed by atoms with Crippen LogP contribution in [0.25, 0.3) is 91.5 Å². The summed E-state index contributed by atoms with van der Waals surface area (Å²) in [5, 5.41) is 9.63. The van der Waals surface area contributed by atoms with Crippen molar-refractivity contribution >= 4 is 103 Å². The van der Waals surface area contributed by atoms with E-state index in [2.05, 4.69) is 204 Å². The normalized spacial score (nSPS) is 11.9. The number of fused-ring (bicyclic) bond motifs is 11. The van der Waals surface area contributed by atoms with Gasteiger partial charge in [0.2, 0.25) is 0 Å². The van der Waals surface area contributed by atoms with Crippen LogP contribution in [0, 0.1) is 0 Å². The summed E-state index contributed by atoms with van der Waals surface area (Å²) in [4.78, 5) is 2.38. The number of aromatic nitrogens is 1. The van der Waals surface area contributed by atoms with Crippen molar-refractivity contribution in [1.82, 2.24) is 4.57 Å². The molecule has 0 radical (unpaired) electrons. The van der Waals surface area contributed by atoms with Crippen molar-refractivity contribution in [2.75, 3.05) is 4.90 Å². The van der Waals surface area contributed by atoms with Gasteiger partial charge in [-0.3, -0.25) is 0 Å². The van der Waals surface area contributed by atoms with Crippen LogP contribution in [0.4, 0.5) is 17.1 Å². The molecule has 3 aromatic heterocycles. The second-order valence-electron chi connectivity index (χ2n) is 14.5. The van der Waals surface area contributed by atoms with Crippen LogP contribution in [0.2, 0.25) is 0 Å². The number of hydrogen-bond donors (Lipinski definition) is 0. The molecule has 0 fully saturated rings. The fraction of sp³-hybridized carbons (Fsp3) is 0. The molecule has 12 rings (SSSR count). The van der Waals surface area contributed by atoms with Crippen LogP contribution < -0.4 is 4.90 Å². The predicted molar refractivity (Wildman–Crippen MR) is 239 cm³/mol. The molecule has 262 valence electrons. The van der Waals surface area contributed by atoms with Gasteiger partial charge in [0.1, 0.15) is 11.2 Å².